The predicted octanol–water partition coefficient (Wildman–Crippen LogP) is 4.14. The number of hydrogen-bond acceptors (Lipinski definition) is 3. The van der Waals surface area contributed by atoms with E-state index in [0.29, 0.717) is 31.4 Å². The van der Waals surface area contributed by atoms with Gasteiger partial charge in [-0.05, 0) is 50.2 Å². The molecule has 2 fully saturated rings. The van der Waals surface area contributed by atoms with E-state index in [0.717, 1.165) is 25.7 Å². The molecule has 1 atom stereocenters. The second kappa shape index (κ2) is 10.7. The zero-order valence-electron chi connectivity index (χ0n) is 17.2. The van der Waals surface area contributed by atoms with Crippen molar-refractivity contribution in [2.75, 3.05) is 13.6 Å². The van der Waals surface area contributed by atoms with Crippen molar-refractivity contribution in [1.29, 1.82) is 0 Å². The fourth-order valence-electron chi connectivity index (χ4n) is 4.70. The van der Waals surface area contributed by atoms with Gasteiger partial charge in [-0.25, -0.2) is 8.78 Å². The van der Waals surface area contributed by atoms with Crippen LogP contribution >= 0.6 is 0 Å². The maximum Gasteiger partial charge on any atom is 0.223 e. The van der Waals surface area contributed by atoms with Crippen molar-refractivity contribution in [3.63, 3.8) is 0 Å². The maximum atomic E-state index is 14.8. The van der Waals surface area contributed by atoms with Gasteiger partial charge in [-0.1, -0.05) is 25.3 Å². The Morgan fingerprint density at radius 1 is 1.31 bits per heavy atom. The quantitative estimate of drug-likeness (QED) is 0.487. The van der Waals surface area contributed by atoms with Crippen LogP contribution in [-0.4, -0.2) is 30.2 Å². The zero-order chi connectivity index (χ0) is 20.3. The largest absolute Gasteiger partial charge is 0.665 e. The summed E-state index contributed by atoms with van der Waals surface area (Å²) in [4.78, 5) is 12.9. The number of aryl methyl sites for hydroxylation is 1. The third-order valence-electron chi connectivity index (χ3n) is 6.50. The number of nitrogens with zero attached hydrogens (tertiary/aromatic N) is 1. The molecule has 3 rings (SSSR count). The van der Waals surface area contributed by atoms with Crippen LogP contribution in [0.3, 0.4) is 0 Å². The molecule has 0 heterocycles. The summed E-state index contributed by atoms with van der Waals surface area (Å²) in [6, 6.07) is 2.05. The number of amides is 1. The molecule has 159 valence electrons. The van der Waals surface area contributed by atoms with Gasteiger partial charge >= 0.3 is 0 Å². The Morgan fingerprint density at radius 3 is 2.55 bits per heavy atom. The van der Waals surface area contributed by atoms with Crippen molar-refractivity contribution >= 4 is 5.91 Å². The van der Waals surface area contributed by atoms with E-state index in [9.17, 15) is 18.8 Å². The molecule has 2 aliphatic rings. The topological polar surface area (TPSA) is 75.5 Å². The summed E-state index contributed by atoms with van der Waals surface area (Å²) in [5, 5.41) is 16.5. The minimum Gasteiger partial charge on any atom is -0.665 e. The first-order chi connectivity index (χ1) is 13.4. The fraction of sp³-hybridized carbons (Fsp3) is 0.667. The second-order valence-electron chi connectivity index (χ2n) is 8.41. The zero-order valence-corrected chi connectivity index (χ0v) is 20.0. The average molecular weight is 483 g/mol. The smallest absolute Gasteiger partial charge is 0.223 e. The third kappa shape index (κ3) is 5.42. The van der Waals surface area contributed by atoms with Gasteiger partial charge in [0.2, 0.25) is 5.91 Å². The summed E-state index contributed by atoms with van der Waals surface area (Å²) in [7, 11) is 1.71. The van der Waals surface area contributed by atoms with Crippen molar-refractivity contribution in [2.45, 2.75) is 63.5 Å². The molecule has 0 aliphatic heterocycles. The molecule has 5 nitrogen and oxygen atoms in total. The standard InChI is InChI=1S/C21H30F2N3O2.Y/c1-13-7-8-16(22)17(18(13)23)19(14-5-3-4-6-14)25-20(27)15-11-21(12-15,26-28)9-10-24-2;/h7-8,14-15,19,26,28H,3-6,9-12H2,1-2H3,(H,25,27);/q-1;. The van der Waals surface area contributed by atoms with Crippen LogP contribution in [0.15, 0.2) is 12.1 Å². The molecule has 0 aromatic heterocycles. The molecular weight excluding hydrogens is 453 g/mol. The van der Waals surface area contributed by atoms with Crippen LogP contribution in [0, 0.1) is 30.4 Å². The minimum absolute atomic E-state index is 0. The molecule has 8 heteroatoms. The van der Waals surface area contributed by atoms with Gasteiger partial charge in [0.1, 0.15) is 11.6 Å². The molecule has 1 amide bonds. The molecule has 0 saturated heterocycles. The van der Waals surface area contributed by atoms with Crippen LogP contribution in [0.2, 0.25) is 0 Å². The Bertz CT molecular complexity index is 707. The fourth-order valence-corrected chi connectivity index (χ4v) is 4.70. The molecule has 1 aromatic rings. The van der Waals surface area contributed by atoms with Gasteiger partial charge in [-0.15, -0.1) is 6.54 Å². The van der Waals surface area contributed by atoms with Crippen LogP contribution < -0.4 is 10.8 Å². The van der Waals surface area contributed by atoms with Gasteiger partial charge in [0, 0.05) is 49.7 Å². The van der Waals surface area contributed by atoms with Gasteiger partial charge in [-0.3, -0.25) is 4.79 Å². The van der Waals surface area contributed by atoms with Crippen molar-refractivity contribution in [3.8, 4) is 0 Å². The summed E-state index contributed by atoms with van der Waals surface area (Å²) in [6.45, 7) is 2.21. The van der Waals surface area contributed by atoms with E-state index < -0.39 is 23.2 Å². The molecule has 2 saturated carbocycles. The van der Waals surface area contributed by atoms with Gasteiger partial charge in [0.25, 0.3) is 0 Å². The molecule has 0 bridgehead atoms. The number of nitrogens with one attached hydrogen (secondary N) is 2. The van der Waals surface area contributed by atoms with Crippen molar-refractivity contribution in [2.24, 2.45) is 11.8 Å². The molecule has 29 heavy (non-hydrogen) atoms. The first kappa shape index (κ1) is 24.8. The van der Waals surface area contributed by atoms with Crippen LogP contribution in [0.5, 0.6) is 0 Å². The van der Waals surface area contributed by atoms with E-state index in [1.165, 1.54) is 12.1 Å². The van der Waals surface area contributed by atoms with Gasteiger partial charge in [0.15, 0.2) is 0 Å². The summed E-state index contributed by atoms with van der Waals surface area (Å²) in [5.74, 6) is -1.62. The second-order valence-corrected chi connectivity index (χ2v) is 8.41. The van der Waals surface area contributed by atoms with Gasteiger partial charge in [0.05, 0.1) is 6.04 Å². The summed E-state index contributed by atoms with van der Waals surface area (Å²) < 4.78 is 29.3. The molecular formula is C21H30F2N3O2Y-. The van der Waals surface area contributed by atoms with Crippen LogP contribution in [0.4, 0.5) is 8.78 Å². The Kier molecular flexibility index (Phi) is 9.16. The number of carbonyl (C=O) groups excluding carboxylic acids is 1. The molecule has 3 N–H and O–H groups in total. The first-order valence-corrected chi connectivity index (χ1v) is 10.1. The molecule has 1 aromatic carbocycles. The molecule has 1 radical (unpaired) electrons. The van der Waals surface area contributed by atoms with E-state index in [-0.39, 0.29) is 56.0 Å². The first-order valence-electron chi connectivity index (χ1n) is 10.1. The van der Waals surface area contributed by atoms with Crippen LogP contribution in [0.25, 0.3) is 5.32 Å². The molecule has 0 spiro atoms. The Morgan fingerprint density at radius 2 is 1.97 bits per heavy atom. The van der Waals surface area contributed by atoms with Crippen LogP contribution in [0.1, 0.15) is 62.1 Å². The number of hydrogen-bond donors (Lipinski definition) is 3. The Labute approximate surface area is 196 Å². The number of hydroxylamine groups is 1. The van der Waals surface area contributed by atoms with Crippen molar-refractivity contribution in [1.82, 2.24) is 10.8 Å². The third-order valence-corrected chi connectivity index (χ3v) is 6.50. The van der Waals surface area contributed by atoms with Crippen LogP contribution in [-0.2, 0) is 37.5 Å². The van der Waals surface area contributed by atoms with Gasteiger partial charge in [-0.2, -0.15) is 12.5 Å². The maximum absolute atomic E-state index is 14.8. The Hall–Kier alpha value is -0.466. The monoisotopic (exact) mass is 483 g/mol. The number of carbonyl (C=O) groups is 1. The minimum atomic E-state index is -0.655. The summed E-state index contributed by atoms with van der Waals surface area (Å²) >= 11 is 0. The van der Waals surface area contributed by atoms with E-state index in [4.69, 9.17) is 0 Å². The van der Waals surface area contributed by atoms with Crippen molar-refractivity contribution < 1.29 is 51.5 Å². The number of halogens is 2. The SMILES string of the molecule is C[N-]CCC1(NO)CC(C(=O)NC(c2c(F)ccc(C)c2F)C2CCCC2)C1.[Y]. The molecule has 1 unspecified atom stereocenters. The number of benzene rings is 1. The Balaban J connectivity index is 0.00000300. The van der Waals surface area contributed by atoms with E-state index in [2.05, 4.69) is 16.1 Å². The normalized spacial score (nSPS) is 25.2. The predicted molar refractivity (Wildman–Crippen MR) is 103 cm³/mol. The van der Waals surface area contributed by atoms with E-state index in [1.54, 1.807) is 14.0 Å². The van der Waals surface area contributed by atoms with Crippen molar-refractivity contribution in [3.05, 3.63) is 40.2 Å². The number of rotatable bonds is 8. The van der Waals surface area contributed by atoms with Gasteiger partial charge < -0.3 is 15.8 Å². The average Bonchev–Trinajstić information content (AvgIpc) is 3.18. The van der Waals surface area contributed by atoms with E-state index in [1.807, 2.05) is 0 Å². The summed E-state index contributed by atoms with van der Waals surface area (Å²) in [5.41, 5.74) is 2.21. The molecule has 2 aliphatic carbocycles. The van der Waals surface area contributed by atoms with E-state index >= 15 is 0 Å². The summed E-state index contributed by atoms with van der Waals surface area (Å²) in [6.07, 6.45) is 5.34.